The molecule has 0 unspecified atom stereocenters. The largest absolute Gasteiger partial charge is 0.204 e. The summed E-state index contributed by atoms with van der Waals surface area (Å²) in [4.78, 5) is 0.914. The maximum absolute atomic E-state index is 12.4. The minimum Gasteiger partial charge on any atom is -0.204 e. The van der Waals surface area contributed by atoms with Crippen LogP contribution in [0.4, 0.5) is 4.39 Å². The number of rotatable bonds is 1. The van der Waals surface area contributed by atoms with Crippen LogP contribution in [0.3, 0.4) is 0 Å². The lowest BCUT2D eigenvalue weighted by molar-refractivity contribution is 0.633. The molecular formula is C5H3BrClFS. The lowest BCUT2D eigenvalue weighted by Gasteiger charge is -1.77. The zero-order valence-corrected chi connectivity index (χ0v) is 7.49. The summed E-state index contributed by atoms with van der Waals surface area (Å²) >= 11 is 9.88. The molecule has 1 aromatic rings. The summed E-state index contributed by atoms with van der Waals surface area (Å²) in [6.07, 6.45) is 0. The van der Waals surface area contributed by atoms with Gasteiger partial charge in [-0.2, -0.15) is 0 Å². The molecule has 0 aliphatic heterocycles. The van der Waals surface area contributed by atoms with Gasteiger partial charge in [0, 0.05) is 10.2 Å². The summed E-state index contributed by atoms with van der Waals surface area (Å²) in [5.74, 6) is -0.323. The summed E-state index contributed by atoms with van der Waals surface area (Å²) in [6.45, 7) is 0. The van der Waals surface area contributed by atoms with E-state index in [1.807, 2.05) is 0 Å². The van der Waals surface area contributed by atoms with Gasteiger partial charge in [0.2, 0.25) is 0 Å². The van der Waals surface area contributed by atoms with Gasteiger partial charge in [0.15, 0.2) is 5.82 Å². The molecule has 1 heterocycles. The van der Waals surface area contributed by atoms with E-state index >= 15 is 0 Å². The van der Waals surface area contributed by atoms with Gasteiger partial charge in [-0.05, 0) is 6.07 Å². The highest BCUT2D eigenvalue weighted by atomic mass is 79.9. The van der Waals surface area contributed by atoms with Crippen LogP contribution in [0.2, 0.25) is 4.34 Å². The van der Waals surface area contributed by atoms with Crippen LogP contribution in [0.15, 0.2) is 6.07 Å². The van der Waals surface area contributed by atoms with Gasteiger partial charge in [0.05, 0.1) is 0 Å². The molecule has 0 atom stereocenters. The van der Waals surface area contributed by atoms with Crippen LogP contribution in [0.5, 0.6) is 0 Å². The molecule has 0 aromatic carbocycles. The Kier molecular flexibility index (Phi) is 2.50. The van der Waals surface area contributed by atoms with Gasteiger partial charge in [-0.3, -0.25) is 0 Å². The third-order valence-corrected chi connectivity index (χ3v) is 3.11. The number of alkyl halides is 1. The Labute approximate surface area is 69.8 Å². The second-order valence-corrected chi connectivity index (χ2v) is 3.77. The molecule has 1 aromatic heterocycles. The van der Waals surface area contributed by atoms with E-state index in [9.17, 15) is 4.39 Å². The number of hydrogen-bond donors (Lipinski definition) is 0. The van der Waals surface area contributed by atoms with E-state index in [1.54, 1.807) is 0 Å². The van der Waals surface area contributed by atoms with Crippen molar-refractivity contribution >= 4 is 38.9 Å². The first-order valence-corrected chi connectivity index (χ1v) is 4.55. The van der Waals surface area contributed by atoms with E-state index in [0.717, 1.165) is 4.88 Å². The fraction of sp³-hybridized carbons (Fsp3) is 0.200. The second-order valence-electron chi connectivity index (χ2n) is 1.47. The van der Waals surface area contributed by atoms with Crippen molar-refractivity contribution in [3.05, 3.63) is 21.1 Å². The quantitative estimate of drug-likeness (QED) is 0.647. The van der Waals surface area contributed by atoms with E-state index in [1.165, 1.54) is 17.4 Å². The Bertz CT molecular complexity index is 191. The summed E-state index contributed by atoms with van der Waals surface area (Å²) in [6, 6.07) is 1.43. The Morgan fingerprint density at radius 3 is 2.67 bits per heavy atom. The van der Waals surface area contributed by atoms with E-state index in [0.29, 0.717) is 5.33 Å². The zero-order chi connectivity index (χ0) is 6.85. The van der Waals surface area contributed by atoms with E-state index in [2.05, 4.69) is 15.9 Å². The molecule has 50 valence electrons. The van der Waals surface area contributed by atoms with Crippen molar-refractivity contribution in [2.24, 2.45) is 0 Å². The predicted octanol–water partition coefficient (Wildman–Crippen LogP) is 3.44. The average Bonchev–Trinajstić information content (AvgIpc) is 2.13. The molecule has 0 amide bonds. The molecule has 0 aliphatic carbocycles. The Hall–Kier alpha value is 0.400. The van der Waals surface area contributed by atoms with Crippen molar-refractivity contribution in [1.82, 2.24) is 0 Å². The van der Waals surface area contributed by atoms with Crippen molar-refractivity contribution < 1.29 is 4.39 Å². The highest BCUT2D eigenvalue weighted by Crippen LogP contribution is 2.27. The Balaban J connectivity index is 2.98. The standard InChI is InChI=1S/C5H3BrClFS/c6-2-3-1-4(8)5(7)9-3/h1H,2H2. The first-order valence-electron chi connectivity index (χ1n) is 2.23. The third kappa shape index (κ3) is 1.66. The molecule has 0 saturated carbocycles. The number of halogens is 3. The van der Waals surface area contributed by atoms with Crippen LogP contribution < -0.4 is 0 Å². The van der Waals surface area contributed by atoms with E-state index in [4.69, 9.17) is 11.6 Å². The monoisotopic (exact) mass is 228 g/mol. The minimum absolute atomic E-state index is 0.240. The van der Waals surface area contributed by atoms with Gasteiger partial charge in [-0.1, -0.05) is 27.5 Å². The maximum Gasteiger partial charge on any atom is 0.153 e. The van der Waals surface area contributed by atoms with E-state index in [-0.39, 0.29) is 10.2 Å². The first-order chi connectivity index (χ1) is 4.24. The highest BCUT2D eigenvalue weighted by molar-refractivity contribution is 9.08. The van der Waals surface area contributed by atoms with Crippen LogP contribution in [0.25, 0.3) is 0 Å². The Morgan fingerprint density at radius 1 is 1.78 bits per heavy atom. The maximum atomic E-state index is 12.4. The first kappa shape index (κ1) is 7.51. The molecule has 0 fully saturated rings. The lowest BCUT2D eigenvalue weighted by atomic mass is 10.5. The molecule has 0 aliphatic rings. The lowest BCUT2D eigenvalue weighted by Crippen LogP contribution is -1.62. The van der Waals surface area contributed by atoms with Gasteiger partial charge in [0.25, 0.3) is 0 Å². The molecule has 1 rings (SSSR count). The van der Waals surface area contributed by atoms with Gasteiger partial charge < -0.3 is 0 Å². The third-order valence-electron chi connectivity index (χ3n) is 0.828. The SMILES string of the molecule is Fc1cc(CBr)sc1Cl. The molecule has 0 radical (unpaired) electrons. The van der Waals surface area contributed by atoms with Gasteiger partial charge in [-0.15, -0.1) is 11.3 Å². The van der Waals surface area contributed by atoms with Crippen LogP contribution in [-0.2, 0) is 5.33 Å². The van der Waals surface area contributed by atoms with Crippen LogP contribution in [0.1, 0.15) is 4.88 Å². The summed E-state index contributed by atoms with van der Waals surface area (Å²) in [7, 11) is 0. The van der Waals surface area contributed by atoms with Crippen LogP contribution in [-0.4, -0.2) is 0 Å². The number of thiophene rings is 1. The Morgan fingerprint density at radius 2 is 2.44 bits per heavy atom. The van der Waals surface area contributed by atoms with Crippen molar-refractivity contribution in [1.29, 1.82) is 0 Å². The van der Waals surface area contributed by atoms with Crippen LogP contribution >= 0.6 is 38.9 Å². The zero-order valence-electron chi connectivity index (χ0n) is 4.33. The fourth-order valence-corrected chi connectivity index (χ4v) is 1.92. The predicted molar refractivity (Wildman–Crippen MR) is 41.9 cm³/mol. The molecule has 0 N–H and O–H groups in total. The normalized spacial score (nSPS) is 10.1. The fourth-order valence-electron chi connectivity index (χ4n) is 0.457. The summed E-state index contributed by atoms with van der Waals surface area (Å²) in [5, 5.41) is 0.668. The minimum atomic E-state index is -0.323. The van der Waals surface area contributed by atoms with Crippen LogP contribution in [0, 0.1) is 5.82 Å². The summed E-state index contributed by atoms with van der Waals surface area (Å²) in [5.41, 5.74) is 0. The average molecular weight is 230 g/mol. The van der Waals surface area contributed by atoms with Gasteiger partial charge in [0.1, 0.15) is 4.34 Å². The molecule has 0 saturated heterocycles. The van der Waals surface area contributed by atoms with Crippen molar-refractivity contribution in [3.63, 3.8) is 0 Å². The molecule has 4 heteroatoms. The van der Waals surface area contributed by atoms with Crippen molar-refractivity contribution in [3.8, 4) is 0 Å². The molecular weight excluding hydrogens is 226 g/mol. The summed E-state index contributed by atoms with van der Waals surface area (Å²) < 4.78 is 12.6. The highest BCUT2D eigenvalue weighted by Gasteiger charge is 2.03. The van der Waals surface area contributed by atoms with Crippen molar-refractivity contribution in [2.45, 2.75) is 5.33 Å². The van der Waals surface area contributed by atoms with Gasteiger partial charge >= 0.3 is 0 Å². The van der Waals surface area contributed by atoms with Crippen molar-refractivity contribution in [2.75, 3.05) is 0 Å². The topological polar surface area (TPSA) is 0 Å². The molecule has 0 nitrogen and oxygen atoms in total. The van der Waals surface area contributed by atoms with Gasteiger partial charge in [-0.25, -0.2) is 4.39 Å². The smallest absolute Gasteiger partial charge is 0.153 e. The second kappa shape index (κ2) is 2.99. The molecule has 9 heavy (non-hydrogen) atoms. The van der Waals surface area contributed by atoms with E-state index < -0.39 is 0 Å². The molecule has 0 spiro atoms. The molecule has 0 bridgehead atoms. The number of hydrogen-bond acceptors (Lipinski definition) is 1.